The fraction of sp³-hybridized carbons (Fsp3) is 0.900. The van der Waals surface area contributed by atoms with Crippen LogP contribution in [0.2, 0.25) is 12.1 Å². The number of unbranched alkanes of at least 4 members (excludes halogenated alkanes) is 1. The van der Waals surface area contributed by atoms with Crippen molar-refractivity contribution in [3.63, 3.8) is 0 Å². The molecular formula is C10H23O2Si. The van der Waals surface area contributed by atoms with Gasteiger partial charge in [-0.15, -0.1) is 0 Å². The highest BCUT2D eigenvalue weighted by Gasteiger charge is 2.06. The minimum Gasteiger partial charge on any atom is -0.353 e. The van der Waals surface area contributed by atoms with Crippen LogP contribution in [-0.2, 0) is 9.47 Å². The maximum Gasteiger partial charge on any atom is 0.154 e. The molecule has 0 bridgehead atoms. The summed E-state index contributed by atoms with van der Waals surface area (Å²) in [6.45, 7) is 9.39. The number of hydrogen-bond donors (Lipinski definition) is 0. The van der Waals surface area contributed by atoms with Crippen LogP contribution in [0.25, 0.3) is 0 Å². The van der Waals surface area contributed by atoms with Crippen molar-refractivity contribution in [3.05, 3.63) is 6.92 Å². The van der Waals surface area contributed by atoms with E-state index in [1.165, 1.54) is 12.5 Å². The summed E-state index contributed by atoms with van der Waals surface area (Å²) in [7, 11) is 0.0223. The Morgan fingerprint density at radius 3 is 2.31 bits per heavy atom. The highest BCUT2D eigenvalue weighted by atomic mass is 28.2. The molecule has 3 heteroatoms. The molecule has 2 nitrogen and oxygen atoms in total. The Morgan fingerprint density at radius 1 is 1.23 bits per heavy atom. The van der Waals surface area contributed by atoms with Crippen molar-refractivity contribution in [3.8, 4) is 0 Å². The SMILES string of the molecule is [CH2]CCC[SiH2]CC(OCC)OCC. The van der Waals surface area contributed by atoms with E-state index in [0.29, 0.717) is 0 Å². The summed E-state index contributed by atoms with van der Waals surface area (Å²) in [5, 5.41) is 0. The summed E-state index contributed by atoms with van der Waals surface area (Å²) in [6, 6.07) is 2.53. The Bertz CT molecular complexity index is 92.9. The van der Waals surface area contributed by atoms with Gasteiger partial charge in [-0.05, 0) is 19.9 Å². The molecule has 0 aromatic carbocycles. The van der Waals surface area contributed by atoms with Crippen molar-refractivity contribution in [2.24, 2.45) is 0 Å². The van der Waals surface area contributed by atoms with Crippen molar-refractivity contribution in [2.75, 3.05) is 13.2 Å². The van der Waals surface area contributed by atoms with Crippen LogP contribution in [-0.4, -0.2) is 29.0 Å². The lowest BCUT2D eigenvalue weighted by Gasteiger charge is -2.16. The van der Waals surface area contributed by atoms with Crippen LogP contribution < -0.4 is 0 Å². The van der Waals surface area contributed by atoms with Crippen LogP contribution in [0, 0.1) is 6.92 Å². The summed E-state index contributed by atoms with van der Waals surface area (Å²) in [6.07, 6.45) is 2.42. The van der Waals surface area contributed by atoms with Crippen LogP contribution in [0.5, 0.6) is 0 Å². The van der Waals surface area contributed by atoms with Crippen molar-refractivity contribution in [1.29, 1.82) is 0 Å². The van der Waals surface area contributed by atoms with Crippen LogP contribution >= 0.6 is 0 Å². The highest BCUT2D eigenvalue weighted by molar-refractivity contribution is 6.35. The molecule has 0 aliphatic carbocycles. The molecule has 0 atom stereocenters. The van der Waals surface area contributed by atoms with E-state index in [0.717, 1.165) is 25.7 Å². The quantitative estimate of drug-likeness (QED) is 0.324. The fourth-order valence-corrected chi connectivity index (χ4v) is 2.91. The van der Waals surface area contributed by atoms with Crippen LogP contribution in [0.15, 0.2) is 0 Å². The first-order valence-corrected chi connectivity index (χ1v) is 7.37. The van der Waals surface area contributed by atoms with Gasteiger partial charge in [-0.1, -0.05) is 25.8 Å². The van der Waals surface area contributed by atoms with Gasteiger partial charge in [0.2, 0.25) is 0 Å². The zero-order valence-corrected chi connectivity index (χ0v) is 10.5. The summed E-state index contributed by atoms with van der Waals surface area (Å²) in [5.41, 5.74) is 0. The summed E-state index contributed by atoms with van der Waals surface area (Å²) in [4.78, 5) is 0. The monoisotopic (exact) mass is 203 g/mol. The minimum absolute atomic E-state index is 0.0223. The summed E-state index contributed by atoms with van der Waals surface area (Å²) < 4.78 is 10.9. The average molecular weight is 203 g/mol. The molecule has 0 amide bonds. The molecule has 0 rings (SSSR count). The van der Waals surface area contributed by atoms with Gasteiger partial charge in [0, 0.05) is 22.7 Å². The Labute approximate surface area is 84.8 Å². The summed E-state index contributed by atoms with van der Waals surface area (Å²) >= 11 is 0. The van der Waals surface area contributed by atoms with Gasteiger partial charge in [0.05, 0.1) is 0 Å². The van der Waals surface area contributed by atoms with Crippen LogP contribution in [0.3, 0.4) is 0 Å². The normalized spacial score (nSPS) is 12.0. The lowest BCUT2D eigenvalue weighted by atomic mass is 10.4. The molecule has 0 aliphatic heterocycles. The lowest BCUT2D eigenvalue weighted by molar-refractivity contribution is -0.123. The molecule has 0 aromatic rings. The maximum absolute atomic E-state index is 5.46. The third-order valence-electron chi connectivity index (χ3n) is 1.89. The molecule has 13 heavy (non-hydrogen) atoms. The molecule has 0 spiro atoms. The van der Waals surface area contributed by atoms with E-state index in [1.54, 1.807) is 0 Å². The average Bonchev–Trinajstić information content (AvgIpc) is 2.13. The molecule has 1 radical (unpaired) electrons. The van der Waals surface area contributed by atoms with Gasteiger partial charge in [-0.3, -0.25) is 0 Å². The Morgan fingerprint density at radius 2 is 1.85 bits per heavy atom. The third kappa shape index (κ3) is 8.47. The fourth-order valence-electron chi connectivity index (χ4n) is 1.25. The molecule has 0 saturated heterocycles. The molecule has 0 fully saturated rings. The standard InChI is InChI=1S/C10H23O2Si/c1-4-7-8-13-9-10(11-5-2)12-6-3/h10H,1,4-9,13H2,2-3H3. The van der Waals surface area contributed by atoms with Crippen molar-refractivity contribution in [2.45, 2.75) is 45.1 Å². The Hall–Kier alpha value is 0.137. The van der Waals surface area contributed by atoms with Crippen molar-refractivity contribution < 1.29 is 9.47 Å². The molecule has 0 saturated carbocycles. The topological polar surface area (TPSA) is 18.5 Å². The van der Waals surface area contributed by atoms with E-state index in [2.05, 4.69) is 6.92 Å². The van der Waals surface area contributed by atoms with E-state index >= 15 is 0 Å². The van der Waals surface area contributed by atoms with Gasteiger partial charge in [-0.2, -0.15) is 0 Å². The zero-order chi connectivity index (χ0) is 9.94. The van der Waals surface area contributed by atoms with E-state index in [1.807, 2.05) is 13.8 Å². The van der Waals surface area contributed by atoms with Crippen LogP contribution in [0.4, 0.5) is 0 Å². The predicted molar refractivity (Wildman–Crippen MR) is 59.8 cm³/mol. The van der Waals surface area contributed by atoms with Gasteiger partial charge in [0.25, 0.3) is 0 Å². The molecule has 0 heterocycles. The largest absolute Gasteiger partial charge is 0.353 e. The van der Waals surface area contributed by atoms with E-state index in [4.69, 9.17) is 9.47 Å². The maximum atomic E-state index is 5.46. The second kappa shape index (κ2) is 10.2. The van der Waals surface area contributed by atoms with E-state index < -0.39 is 0 Å². The Kier molecular flexibility index (Phi) is 10.3. The molecule has 79 valence electrons. The number of hydrogen-bond acceptors (Lipinski definition) is 2. The first-order valence-electron chi connectivity index (χ1n) is 5.37. The van der Waals surface area contributed by atoms with Gasteiger partial charge >= 0.3 is 0 Å². The minimum atomic E-state index is 0.0223. The Balaban J connectivity index is 3.33. The molecule has 0 unspecified atom stereocenters. The molecular weight excluding hydrogens is 180 g/mol. The van der Waals surface area contributed by atoms with E-state index in [-0.39, 0.29) is 15.8 Å². The molecule has 0 aromatic heterocycles. The van der Waals surface area contributed by atoms with Gasteiger partial charge in [0.15, 0.2) is 6.29 Å². The zero-order valence-electron chi connectivity index (χ0n) is 9.05. The predicted octanol–water partition coefficient (Wildman–Crippen LogP) is 2.01. The number of rotatable bonds is 9. The number of ether oxygens (including phenoxy) is 2. The second-order valence-corrected chi connectivity index (χ2v) is 5.03. The van der Waals surface area contributed by atoms with Gasteiger partial charge in [-0.25, -0.2) is 0 Å². The molecule has 0 N–H and O–H groups in total. The highest BCUT2D eigenvalue weighted by Crippen LogP contribution is 2.04. The van der Waals surface area contributed by atoms with Crippen molar-refractivity contribution >= 4 is 9.52 Å². The smallest absolute Gasteiger partial charge is 0.154 e. The van der Waals surface area contributed by atoms with Crippen LogP contribution in [0.1, 0.15) is 26.7 Å². The van der Waals surface area contributed by atoms with Gasteiger partial charge < -0.3 is 9.47 Å². The van der Waals surface area contributed by atoms with E-state index in [9.17, 15) is 0 Å². The lowest BCUT2D eigenvalue weighted by Crippen LogP contribution is -2.18. The second-order valence-electron chi connectivity index (χ2n) is 3.04. The van der Waals surface area contributed by atoms with Gasteiger partial charge in [0.1, 0.15) is 0 Å². The summed E-state index contributed by atoms with van der Waals surface area (Å²) in [5.74, 6) is 0. The van der Waals surface area contributed by atoms with Crippen molar-refractivity contribution in [1.82, 2.24) is 0 Å². The molecule has 0 aliphatic rings. The first-order chi connectivity index (χ1) is 6.35. The first kappa shape index (κ1) is 13.1. The third-order valence-corrected chi connectivity index (χ3v) is 3.77.